The molecule has 16 heavy (non-hydrogen) atoms. The zero-order chi connectivity index (χ0) is 12.6. The molecule has 0 amide bonds. The van der Waals surface area contributed by atoms with Crippen molar-refractivity contribution in [2.24, 2.45) is 0 Å². The van der Waals surface area contributed by atoms with Crippen LogP contribution >= 0.6 is 0 Å². The minimum atomic E-state index is -0.914. The minimum absolute atomic E-state index is 0.914. The van der Waals surface area contributed by atoms with Gasteiger partial charge in [-0.2, -0.15) is 5.26 Å². The maximum atomic E-state index is 9.75. The van der Waals surface area contributed by atoms with E-state index in [-0.39, 0.29) is 0 Å². The van der Waals surface area contributed by atoms with Gasteiger partial charge < -0.3 is 5.11 Å². The van der Waals surface area contributed by atoms with Gasteiger partial charge in [-0.05, 0) is 6.92 Å². The fraction of sp³-hybridized carbons (Fsp3) is 0.0769. The number of nitrogens with zero attached hydrogens (tertiary/aromatic N) is 1. The fourth-order valence-corrected chi connectivity index (χ4v) is 0.490. The van der Waals surface area contributed by atoms with Gasteiger partial charge in [0.2, 0.25) is 0 Å². The van der Waals surface area contributed by atoms with E-state index in [1.54, 1.807) is 36.5 Å². The molecular weight excluding hydrogens is 202 g/mol. The summed E-state index contributed by atoms with van der Waals surface area (Å²) in [7, 11) is 0. The first kappa shape index (κ1) is 16.1. The van der Waals surface area contributed by atoms with E-state index in [0.29, 0.717) is 0 Å². The predicted molar refractivity (Wildman–Crippen MR) is 65.7 cm³/mol. The Labute approximate surface area is 96.0 Å². The highest BCUT2D eigenvalue weighted by Gasteiger charge is 1.78. The van der Waals surface area contributed by atoms with Gasteiger partial charge in [-0.1, -0.05) is 49.1 Å². The number of nitriles is 1. The number of carboxylic acid groups (broad SMARTS) is 1. The van der Waals surface area contributed by atoms with Gasteiger partial charge >= 0.3 is 5.97 Å². The van der Waals surface area contributed by atoms with Crippen LogP contribution in [0.4, 0.5) is 0 Å². The van der Waals surface area contributed by atoms with Crippen LogP contribution in [0.15, 0.2) is 61.3 Å². The van der Waals surface area contributed by atoms with Gasteiger partial charge in [-0.15, -0.1) is 0 Å². The van der Waals surface area contributed by atoms with Crippen molar-refractivity contribution in [3.63, 3.8) is 0 Å². The molecule has 0 aliphatic carbocycles. The van der Waals surface area contributed by atoms with Gasteiger partial charge in [0.25, 0.3) is 0 Å². The Hall–Kier alpha value is -2.34. The van der Waals surface area contributed by atoms with E-state index in [2.05, 4.69) is 6.58 Å². The zero-order valence-electron chi connectivity index (χ0n) is 9.21. The van der Waals surface area contributed by atoms with Crippen LogP contribution in [0.1, 0.15) is 6.92 Å². The first-order valence-electron chi connectivity index (χ1n) is 4.55. The first-order chi connectivity index (χ1) is 7.68. The Morgan fingerprint density at radius 3 is 2.38 bits per heavy atom. The Kier molecular flexibility index (Phi) is 15.2. The normalized spacial score (nSPS) is 10.5. The summed E-state index contributed by atoms with van der Waals surface area (Å²) in [4.78, 5) is 9.75. The van der Waals surface area contributed by atoms with Crippen molar-refractivity contribution in [2.75, 3.05) is 0 Å². The lowest BCUT2D eigenvalue weighted by molar-refractivity contribution is -0.131. The number of hydrogen-bond donors (Lipinski definition) is 1. The molecule has 0 atom stereocenters. The summed E-state index contributed by atoms with van der Waals surface area (Å²) in [6.45, 7) is 5.28. The summed E-state index contributed by atoms with van der Waals surface area (Å²) in [5.74, 6) is -0.914. The SMILES string of the molecule is C=CC=CC=CC#N.CC=CC=CC(=O)O. The maximum absolute atomic E-state index is 9.75. The van der Waals surface area contributed by atoms with Crippen LogP contribution < -0.4 is 0 Å². The minimum Gasteiger partial charge on any atom is -0.478 e. The molecule has 3 nitrogen and oxygen atoms in total. The second-order valence-electron chi connectivity index (χ2n) is 2.33. The average Bonchev–Trinajstić information content (AvgIpc) is 2.25. The maximum Gasteiger partial charge on any atom is 0.328 e. The van der Waals surface area contributed by atoms with Crippen molar-refractivity contribution in [3.05, 3.63) is 61.3 Å². The lowest BCUT2D eigenvalue weighted by Crippen LogP contribution is -1.83. The van der Waals surface area contributed by atoms with Crippen molar-refractivity contribution >= 4 is 5.97 Å². The van der Waals surface area contributed by atoms with Crippen molar-refractivity contribution in [1.29, 1.82) is 5.26 Å². The standard InChI is InChI=1S/C7H7N.C6H8O2/c1-2-3-4-5-6-7-8;1-2-3-4-5-6(7)8/h2-6H,1H2;2-5H,1H3,(H,7,8). The molecule has 0 bridgehead atoms. The second-order valence-corrected chi connectivity index (χ2v) is 2.33. The number of allylic oxidation sites excluding steroid dienone is 8. The van der Waals surface area contributed by atoms with Crippen LogP contribution in [0, 0.1) is 11.3 Å². The molecule has 0 saturated carbocycles. The van der Waals surface area contributed by atoms with Crippen molar-refractivity contribution in [2.45, 2.75) is 6.92 Å². The number of rotatable bonds is 4. The quantitative estimate of drug-likeness (QED) is 0.447. The van der Waals surface area contributed by atoms with Crippen LogP contribution in [0.3, 0.4) is 0 Å². The molecule has 3 heteroatoms. The molecule has 0 aliphatic rings. The summed E-state index contributed by atoms with van der Waals surface area (Å²) in [6.07, 6.45) is 14.2. The lowest BCUT2D eigenvalue weighted by atomic mass is 10.4. The molecular formula is C13H15NO2. The fourth-order valence-electron chi connectivity index (χ4n) is 0.490. The van der Waals surface area contributed by atoms with E-state index in [4.69, 9.17) is 10.4 Å². The summed E-state index contributed by atoms with van der Waals surface area (Å²) in [5.41, 5.74) is 0. The molecule has 0 aromatic heterocycles. The molecule has 0 rings (SSSR count). The number of carbonyl (C=O) groups is 1. The highest BCUT2D eigenvalue weighted by atomic mass is 16.4. The van der Waals surface area contributed by atoms with Crippen LogP contribution in [0.25, 0.3) is 0 Å². The smallest absolute Gasteiger partial charge is 0.328 e. The van der Waals surface area contributed by atoms with Crippen LogP contribution in [-0.2, 0) is 4.79 Å². The number of carboxylic acids is 1. The predicted octanol–water partition coefficient (Wildman–Crippen LogP) is 3.01. The molecule has 0 unspecified atom stereocenters. The topological polar surface area (TPSA) is 61.1 Å². The number of hydrogen-bond acceptors (Lipinski definition) is 2. The third-order valence-electron chi connectivity index (χ3n) is 1.07. The zero-order valence-corrected chi connectivity index (χ0v) is 9.21. The Balaban J connectivity index is 0. The van der Waals surface area contributed by atoms with Gasteiger partial charge in [-0.25, -0.2) is 4.79 Å². The van der Waals surface area contributed by atoms with E-state index >= 15 is 0 Å². The van der Waals surface area contributed by atoms with Crippen molar-refractivity contribution in [1.82, 2.24) is 0 Å². The Bertz CT molecular complexity index is 341. The highest BCUT2D eigenvalue weighted by molar-refractivity contribution is 5.80. The molecule has 84 valence electrons. The third kappa shape index (κ3) is 22.6. The number of aliphatic carboxylic acids is 1. The van der Waals surface area contributed by atoms with Crippen molar-refractivity contribution in [3.8, 4) is 6.07 Å². The van der Waals surface area contributed by atoms with Gasteiger partial charge in [0, 0.05) is 12.2 Å². The largest absolute Gasteiger partial charge is 0.478 e. The molecule has 1 N–H and O–H groups in total. The molecule has 0 fully saturated rings. The Morgan fingerprint density at radius 2 is 1.94 bits per heavy atom. The molecule has 0 spiro atoms. The average molecular weight is 217 g/mol. The van der Waals surface area contributed by atoms with E-state index in [9.17, 15) is 4.79 Å². The molecule has 0 saturated heterocycles. The van der Waals surface area contributed by atoms with Crippen LogP contribution in [-0.4, -0.2) is 11.1 Å². The van der Waals surface area contributed by atoms with E-state index < -0.39 is 5.97 Å². The summed E-state index contributed by atoms with van der Waals surface area (Å²) < 4.78 is 0. The van der Waals surface area contributed by atoms with E-state index in [1.165, 1.54) is 12.2 Å². The lowest BCUT2D eigenvalue weighted by Gasteiger charge is -1.72. The molecule has 0 radical (unpaired) electrons. The Morgan fingerprint density at radius 1 is 1.25 bits per heavy atom. The van der Waals surface area contributed by atoms with Crippen molar-refractivity contribution < 1.29 is 9.90 Å². The summed E-state index contributed by atoms with van der Waals surface area (Å²) in [5, 5.41) is 16.0. The second kappa shape index (κ2) is 15.1. The van der Waals surface area contributed by atoms with Crippen LogP contribution in [0.5, 0.6) is 0 Å². The first-order valence-corrected chi connectivity index (χ1v) is 4.55. The molecule has 0 aliphatic heterocycles. The van der Waals surface area contributed by atoms with Crippen LogP contribution in [0.2, 0.25) is 0 Å². The molecule has 0 aromatic carbocycles. The summed E-state index contributed by atoms with van der Waals surface area (Å²) in [6, 6.07) is 1.86. The summed E-state index contributed by atoms with van der Waals surface area (Å²) >= 11 is 0. The van der Waals surface area contributed by atoms with E-state index in [0.717, 1.165) is 6.08 Å². The van der Waals surface area contributed by atoms with E-state index in [1.807, 2.05) is 13.0 Å². The molecule has 0 aromatic rings. The van der Waals surface area contributed by atoms with Gasteiger partial charge in [0.1, 0.15) is 0 Å². The third-order valence-corrected chi connectivity index (χ3v) is 1.07. The monoisotopic (exact) mass is 217 g/mol. The molecule has 0 heterocycles. The highest BCUT2D eigenvalue weighted by Crippen LogP contribution is 1.75. The van der Waals surface area contributed by atoms with Gasteiger partial charge in [0.15, 0.2) is 0 Å². The van der Waals surface area contributed by atoms with Gasteiger partial charge in [-0.3, -0.25) is 0 Å². The van der Waals surface area contributed by atoms with Gasteiger partial charge in [0.05, 0.1) is 6.07 Å².